The summed E-state index contributed by atoms with van der Waals surface area (Å²) in [7, 11) is 0. The second-order valence-corrected chi connectivity index (χ2v) is 7.48. The highest BCUT2D eigenvalue weighted by atomic mass is 16.5. The normalized spacial score (nSPS) is 30.2. The van der Waals surface area contributed by atoms with Gasteiger partial charge < -0.3 is 20.3 Å². The van der Waals surface area contributed by atoms with Crippen molar-refractivity contribution in [1.82, 2.24) is 9.80 Å². The third-order valence-corrected chi connectivity index (χ3v) is 5.99. The number of piperidine rings is 1. The molecule has 3 aliphatic rings. The van der Waals surface area contributed by atoms with Gasteiger partial charge in [-0.15, -0.1) is 0 Å². The van der Waals surface area contributed by atoms with E-state index < -0.39 is 0 Å². The average molecular weight is 323 g/mol. The van der Waals surface area contributed by atoms with Crippen LogP contribution in [-0.2, 0) is 9.53 Å². The van der Waals surface area contributed by atoms with E-state index in [1.165, 1.54) is 25.9 Å². The van der Waals surface area contributed by atoms with Gasteiger partial charge in [-0.25, -0.2) is 0 Å². The predicted octanol–water partition coefficient (Wildman–Crippen LogP) is 1.46. The van der Waals surface area contributed by atoms with E-state index in [9.17, 15) is 4.79 Å². The molecule has 0 spiro atoms. The second-order valence-electron chi connectivity index (χ2n) is 7.48. The molecule has 2 heterocycles. The molecular weight excluding hydrogens is 290 g/mol. The first kappa shape index (κ1) is 17.2. The van der Waals surface area contributed by atoms with Crippen LogP contribution in [0.5, 0.6) is 0 Å². The molecule has 0 unspecified atom stereocenters. The maximum atomic E-state index is 12.7. The van der Waals surface area contributed by atoms with Crippen LogP contribution in [0.2, 0.25) is 0 Å². The fraction of sp³-hybridized carbons (Fsp3) is 0.944. The number of carbonyl (C=O) groups excluding carboxylic acids is 1. The van der Waals surface area contributed by atoms with E-state index in [0.717, 1.165) is 58.3 Å². The lowest BCUT2D eigenvalue weighted by atomic mass is 9.93. The minimum Gasteiger partial charge on any atom is -0.377 e. The summed E-state index contributed by atoms with van der Waals surface area (Å²) < 4.78 is 6.04. The van der Waals surface area contributed by atoms with Crippen molar-refractivity contribution < 1.29 is 9.53 Å². The smallest absolute Gasteiger partial charge is 0.226 e. The van der Waals surface area contributed by atoms with Gasteiger partial charge in [0, 0.05) is 25.6 Å². The molecule has 5 heteroatoms. The highest BCUT2D eigenvalue weighted by molar-refractivity contribution is 5.79. The van der Waals surface area contributed by atoms with Crippen LogP contribution in [0.3, 0.4) is 0 Å². The van der Waals surface area contributed by atoms with Gasteiger partial charge in [0.25, 0.3) is 0 Å². The Labute approximate surface area is 140 Å². The van der Waals surface area contributed by atoms with Gasteiger partial charge in [0.05, 0.1) is 12.7 Å². The SMILES string of the molecule is NC[C@H]1CCC[C@H]1C(=O)N1CCC(OCCN2CCCC2)CC1. The number of ether oxygens (including phenoxy) is 1. The van der Waals surface area contributed by atoms with Gasteiger partial charge in [-0.2, -0.15) is 0 Å². The monoisotopic (exact) mass is 323 g/mol. The van der Waals surface area contributed by atoms with Gasteiger partial charge in [0.1, 0.15) is 0 Å². The van der Waals surface area contributed by atoms with Crippen LogP contribution in [0, 0.1) is 11.8 Å². The molecule has 132 valence electrons. The third kappa shape index (κ3) is 4.46. The zero-order valence-corrected chi connectivity index (χ0v) is 14.4. The fourth-order valence-corrected chi connectivity index (χ4v) is 4.48. The number of hydrogen-bond acceptors (Lipinski definition) is 4. The van der Waals surface area contributed by atoms with Crippen molar-refractivity contribution in [2.24, 2.45) is 17.6 Å². The molecule has 1 amide bonds. The van der Waals surface area contributed by atoms with Crippen LogP contribution in [0.4, 0.5) is 0 Å². The Morgan fingerprint density at radius 3 is 2.43 bits per heavy atom. The van der Waals surface area contributed by atoms with Crippen molar-refractivity contribution in [3.8, 4) is 0 Å². The van der Waals surface area contributed by atoms with Crippen LogP contribution >= 0.6 is 0 Å². The first-order valence-electron chi connectivity index (χ1n) is 9.60. The maximum absolute atomic E-state index is 12.7. The van der Waals surface area contributed by atoms with E-state index in [0.29, 0.717) is 24.5 Å². The van der Waals surface area contributed by atoms with E-state index in [1.807, 2.05) is 0 Å². The Morgan fingerprint density at radius 2 is 1.74 bits per heavy atom. The minimum atomic E-state index is 0.188. The van der Waals surface area contributed by atoms with Crippen molar-refractivity contribution in [1.29, 1.82) is 0 Å². The highest BCUT2D eigenvalue weighted by Gasteiger charge is 2.35. The summed E-state index contributed by atoms with van der Waals surface area (Å²) in [6, 6.07) is 0. The summed E-state index contributed by atoms with van der Waals surface area (Å²) >= 11 is 0. The molecule has 2 aliphatic heterocycles. The first-order chi connectivity index (χ1) is 11.3. The van der Waals surface area contributed by atoms with E-state index in [2.05, 4.69) is 9.80 Å². The zero-order valence-electron chi connectivity index (χ0n) is 14.4. The van der Waals surface area contributed by atoms with Crippen LogP contribution < -0.4 is 5.73 Å². The highest BCUT2D eigenvalue weighted by Crippen LogP contribution is 2.33. The molecule has 0 aromatic rings. The quantitative estimate of drug-likeness (QED) is 0.804. The van der Waals surface area contributed by atoms with Crippen LogP contribution in [-0.4, -0.2) is 67.7 Å². The molecule has 2 atom stereocenters. The zero-order chi connectivity index (χ0) is 16.1. The maximum Gasteiger partial charge on any atom is 0.226 e. The van der Waals surface area contributed by atoms with E-state index in [1.54, 1.807) is 0 Å². The lowest BCUT2D eigenvalue weighted by Crippen LogP contribution is -2.45. The van der Waals surface area contributed by atoms with Crippen LogP contribution in [0.1, 0.15) is 44.9 Å². The summed E-state index contributed by atoms with van der Waals surface area (Å²) in [6.45, 7) is 6.77. The molecule has 0 aromatic heterocycles. The van der Waals surface area contributed by atoms with Crippen molar-refractivity contribution >= 4 is 5.91 Å². The summed E-state index contributed by atoms with van der Waals surface area (Å²) in [5, 5.41) is 0. The standard InChI is InChI=1S/C18H33N3O2/c19-14-15-4-3-5-17(15)18(22)21-10-6-16(7-11-21)23-13-12-20-8-1-2-9-20/h15-17H,1-14,19H2/t15-,17-/m1/s1. The molecule has 2 N–H and O–H groups in total. The van der Waals surface area contributed by atoms with Gasteiger partial charge >= 0.3 is 0 Å². The Balaban J connectivity index is 1.35. The first-order valence-corrected chi connectivity index (χ1v) is 9.60. The molecule has 0 bridgehead atoms. The Bertz CT molecular complexity index is 376. The second kappa shape index (κ2) is 8.45. The molecule has 0 radical (unpaired) electrons. The lowest BCUT2D eigenvalue weighted by molar-refractivity contribution is -0.139. The van der Waals surface area contributed by atoms with Crippen molar-refractivity contribution in [3.63, 3.8) is 0 Å². The number of amides is 1. The number of likely N-dealkylation sites (tertiary alicyclic amines) is 2. The third-order valence-electron chi connectivity index (χ3n) is 5.99. The molecule has 2 saturated heterocycles. The molecule has 23 heavy (non-hydrogen) atoms. The predicted molar refractivity (Wildman–Crippen MR) is 91.1 cm³/mol. The van der Waals surface area contributed by atoms with Gasteiger partial charge in [-0.05, 0) is 64.1 Å². The summed E-state index contributed by atoms with van der Waals surface area (Å²) in [5.74, 6) is 0.957. The van der Waals surface area contributed by atoms with Crippen LogP contribution in [0.25, 0.3) is 0 Å². The Kier molecular flexibility index (Phi) is 6.31. The molecular formula is C18H33N3O2. The van der Waals surface area contributed by atoms with Crippen molar-refractivity contribution in [3.05, 3.63) is 0 Å². The summed E-state index contributed by atoms with van der Waals surface area (Å²) in [6.07, 6.45) is 8.33. The number of nitrogens with zero attached hydrogens (tertiary/aromatic N) is 2. The Hall–Kier alpha value is -0.650. The molecule has 1 saturated carbocycles. The molecule has 0 aromatic carbocycles. The lowest BCUT2D eigenvalue weighted by Gasteiger charge is -2.34. The fourth-order valence-electron chi connectivity index (χ4n) is 4.48. The molecule has 1 aliphatic carbocycles. The van der Waals surface area contributed by atoms with Gasteiger partial charge in [0.2, 0.25) is 5.91 Å². The molecule has 3 fully saturated rings. The van der Waals surface area contributed by atoms with E-state index >= 15 is 0 Å². The molecule has 5 nitrogen and oxygen atoms in total. The number of carbonyl (C=O) groups is 1. The van der Waals surface area contributed by atoms with E-state index in [4.69, 9.17) is 10.5 Å². The topological polar surface area (TPSA) is 58.8 Å². The average Bonchev–Trinajstić information content (AvgIpc) is 3.26. The van der Waals surface area contributed by atoms with Crippen LogP contribution in [0.15, 0.2) is 0 Å². The van der Waals surface area contributed by atoms with Gasteiger partial charge in [-0.3, -0.25) is 4.79 Å². The largest absolute Gasteiger partial charge is 0.377 e. The number of rotatable bonds is 6. The molecule has 3 rings (SSSR count). The number of nitrogens with two attached hydrogens (primary N) is 1. The van der Waals surface area contributed by atoms with Gasteiger partial charge in [-0.1, -0.05) is 6.42 Å². The van der Waals surface area contributed by atoms with Gasteiger partial charge in [0.15, 0.2) is 0 Å². The van der Waals surface area contributed by atoms with Crippen molar-refractivity contribution in [2.45, 2.75) is 51.0 Å². The van der Waals surface area contributed by atoms with Crippen molar-refractivity contribution in [2.75, 3.05) is 45.9 Å². The minimum absolute atomic E-state index is 0.188. The summed E-state index contributed by atoms with van der Waals surface area (Å²) in [4.78, 5) is 17.2. The number of hydrogen-bond donors (Lipinski definition) is 1. The summed E-state index contributed by atoms with van der Waals surface area (Å²) in [5.41, 5.74) is 5.83. The Morgan fingerprint density at radius 1 is 1.00 bits per heavy atom. The van der Waals surface area contributed by atoms with E-state index in [-0.39, 0.29) is 5.92 Å².